The minimum absolute atomic E-state index is 0.238. The number of rotatable bonds is 18. The molecule has 0 aliphatic heterocycles. The van der Waals surface area contributed by atoms with Gasteiger partial charge >= 0.3 is 0 Å². The number of hydrogen-bond acceptors (Lipinski definition) is 1. The van der Waals surface area contributed by atoms with Gasteiger partial charge in [-0.3, -0.25) is 0 Å². The van der Waals surface area contributed by atoms with Crippen LogP contribution in [0.5, 0.6) is 5.75 Å². The minimum Gasteiger partial charge on any atom is -0.508 e. The van der Waals surface area contributed by atoms with Crippen molar-refractivity contribution in [1.82, 2.24) is 0 Å². The molecule has 1 aromatic carbocycles. The second-order valence-electron chi connectivity index (χ2n) is 11.6. The van der Waals surface area contributed by atoms with Crippen molar-refractivity contribution < 1.29 is 5.11 Å². The Kier molecular flexibility index (Phi) is 13.5. The predicted octanol–water partition coefficient (Wildman–Crippen LogP) is 10.0. The molecule has 0 saturated carbocycles. The lowest BCUT2D eigenvalue weighted by Crippen LogP contribution is -2.20. The SMILES string of the molecule is CCCCCCCCC(C)(C)Cc1cccc(O)c1CC(C)(C)CCCCCCCC. The number of hydrogen-bond donors (Lipinski definition) is 1. The van der Waals surface area contributed by atoms with Crippen molar-refractivity contribution in [3.63, 3.8) is 0 Å². The lowest BCUT2D eigenvalue weighted by atomic mass is 9.76. The zero-order valence-electron chi connectivity index (χ0n) is 22.0. The highest BCUT2D eigenvalue weighted by atomic mass is 16.3. The lowest BCUT2D eigenvalue weighted by molar-refractivity contribution is 0.299. The third-order valence-corrected chi connectivity index (χ3v) is 6.99. The van der Waals surface area contributed by atoms with E-state index in [9.17, 15) is 5.11 Å². The smallest absolute Gasteiger partial charge is 0.119 e. The molecule has 1 nitrogen and oxygen atoms in total. The van der Waals surface area contributed by atoms with Crippen LogP contribution in [0.2, 0.25) is 0 Å². The Morgan fingerprint density at radius 2 is 1.06 bits per heavy atom. The zero-order chi connectivity index (χ0) is 23.2. The van der Waals surface area contributed by atoms with Gasteiger partial charge in [0.1, 0.15) is 5.75 Å². The molecule has 0 aromatic heterocycles. The van der Waals surface area contributed by atoms with E-state index < -0.39 is 0 Å². The lowest BCUT2D eigenvalue weighted by Gasteiger charge is -2.30. The summed E-state index contributed by atoms with van der Waals surface area (Å²) in [5.74, 6) is 0.504. The Morgan fingerprint density at radius 1 is 0.613 bits per heavy atom. The maximum Gasteiger partial charge on any atom is 0.119 e. The molecule has 1 N–H and O–H groups in total. The van der Waals surface area contributed by atoms with Crippen LogP contribution >= 0.6 is 0 Å². The van der Waals surface area contributed by atoms with Gasteiger partial charge in [-0.2, -0.15) is 0 Å². The highest BCUT2D eigenvalue weighted by Crippen LogP contribution is 2.37. The first kappa shape index (κ1) is 28.1. The van der Waals surface area contributed by atoms with Crippen LogP contribution in [0.1, 0.15) is 143 Å². The van der Waals surface area contributed by atoms with Crippen LogP contribution in [-0.4, -0.2) is 5.11 Å². The highest BCUT2D eigenvalue weighted by molar-refractivity contribution is 5.40. The van der Waals surface area contributed by atoms with Gasteiger partial charge < -0.3 is 5.11 Å². The Morgan fingerprint density at radius 3 is 1.58 bits per heavy atom. The monoisotopic (exact) mass is 430 g/mol. The molecule has 0 radical (unpaired) electrons. The number of aromatic hydroxyl groups is 1. The summed E-state index contributed by atoms with van der Waals surface area (Å²) in [6, 6.07) is 6.19. The second-order valence-corrected chi connectivity index (χ2v) is 11.6. The first-order valence-corrected chi connectivity index (χ1v) is 13.5. The normalized spacial score (nSPS) is 12.5. The van der Waals surface area contributed by atoms with E-state index in [0.717, 1.165) is 12.8 Å². The fourth-order valence-corrected chi connectivity index (χ4v) is 4.93. The molecule has 0 bridgehead atoms. The van der Waals surface area contributed by atoms with E-state index in [1.807, 2.05) is 12.1 Å². The van der Waals surface area contributed by atoms with Gasteiger partial charge in [0, 0.05) is 0 Å². The Hall–Kier alpha value is -0.980. The van der Waals surface area contributed by atoms with Crippen molar-refractivity contribution in [3.05, 3.63) is 29.3 Å². The van der Waals surface area contributed by atoms with Crippen LogP contribution in [-0.2, 0) is 12.8 Å². The highest BCUT2D eigenvalue weighted by Gasteiger charge is 2.25. The Bertz CT molecular complexity index is 584. The molecule has 0 unspecified atom stereocenters. The zero-order valence-corrected chi connectivity index (χ0v) is 22.0. The molecule has 31 heavy (non-hydrogen) atoms. The first-order valence-electron chi connectivity index (χ1n) is 13.5. The summed E-state index contributed by atoms with van der Waals surface area (Å²) in [4.78, 5) is 0. The van der Waals surface area contributed by atoms with Crippen LogP contribution in [0.4, 0.5) is 0 Å². The van der Waals surface area contributed by atoms with Crippen LogP contribution in [0.15, 0.2) is 18.2 Å². The number of unbranched alkanes of at least 4 members (excludes halogenated alkanes) is 10. The number of phenolic OH excluding ortho intramolecular Hbond substituents is 1. The van der Waals surface area contributed by atoms with Crippen LogP contribution in [0.3, 0.4) is 0 Å². The first-order chi connectivity index (χ1) is 14.7. The molecule has 0 heterocycles. The topological polar surface area (TPSA) is 20.2 Å². The minimum atomic E-state index is 0.238. The maximum atomic E-state index is 10.7. The summed E-state index contributed by atoms with van der Waals surface area (Å²) >= 11 is 0. The van der Waals surface area contributed by atoms with Gasteiger partial charge in [0.2, 0.25) is 0 Å². The third kappa shape index (κ3) is 12.6. The molecule has 0 aliphatic carbocycles. The second kappa shape index (κ2) is 15.0. The van der Waals surface area contributed by atoms with E-state index in [4.69, 9.17) is 0 Å². The van der Waals surface area contributed by atoms with Crippen LogP contribution < -0.4 is 0 Å². The van der Waals surface area contributed by atoms with Gasteiger partial charge in [-0.25, -0.2) is 0 Å². The summed E-state index contributed by atoms with van der Waals surface area (Å²) in [5.41, 5.74) is 3.10. The summed E-state index contributed by atoms with van der Waals surface area (Å²) in [6.45, 7) is 14.2. The van der Waals surface area contributed by atoms with Crippen LogP contribution in [0, 0.1) is 10.8 Å². The van der Waals surface area contributed by atoms with Crippen molar-refractivity contribution >= 4 is 0 Å². The van der Waals surface area contributed by atoms with Gasteiger partial charge in [0.05, 0.1) is 0 Å². The van der Waals surface area contributed by atoms with Gasteiger partial charge in [-0.1, -0.05) is 131 Å². The molecule has 180 valence electrons. The van der Waals surface area contributed by atoms with Gasteiger partial charge in [-0.05, 0) is 53.7 Å². The summed E-state index contributed by atoms with van der Waals surface area (Å²) in [6.07, 6.45) is 20.8. The van der Waals surface area contributed by atoms with Crippen molar-refractivity contribution in [3.8, 4) is 5.75 Å². The summed E-state index contributed by atoms with van der Waals surface area (Å²) in [7, 11) is 0. The van der Waals surface area contributed by atoms with E-state index in [1.54, 1.807) is 0 Å². The van der Waals surface area contributed by atoms with Crippen molar-refractivity contribution in [2.24, 2.45) is 10.8 Å². The van der Waals surface area contributed by atoms with Crippen molar-refractivity contribution in [1.29, 1.82) is 0 Å². The average molecular weight is 431 g/mol. The van der Waals surface area contributed by atoms with Gasteiger partial charge in [0.15, 0.2) is 0 Å². The molecule has 0 amide bonds. The fourth-order valence-electron chi connectivity index (χ4n) is 4.93. The average Bonchev–Trinajstić information content (AvgIpc) is 2.70. The number of benzene rings is 1. The largest absolute Gasteiger partial charge is 0.508 e. The molecule has 0 atom stereocenters. The molecule has 0 saturated heterocycles. The third-order valence-electron chi connectivity index (χ3n) is 6.99. The molecule has 0 fully saturated rings. The predicted molar refractivity (Wildman–Crippen MR) is 139 cm³/mol. The van der Waals surface area contributed by atoms with Gasteiger partial charge in [0.25, 0.3) is 0 Å². The molecular weight excluding hydrogens is 376 g/mol. The molecule has 1 aromatic rings. The maximum absolute atomic E-state index is 10.7. The molecule has 1 heteroatoms. The summed E-state index contributed by atoms with van der Waals surface area (Å²) in [5, 5.41) is 10.7. The van der Waals surface area contributed by atoms with E-state index in [1.165, 1.54) is 101 Å². The van der Waals surface area contributed by atoms with Gasteiger partial charge in [-0.15, -0.1) is 0 Å². The Balaban J connectivity index is 2.62. The van der Waals surface area contributed by atoms with Crippen molar-refractivity contribution in [2.75, 3.05) is 0 Å². The van der Waals surface area contributed by atoms with E-state index >= 15 is 0 Å². The van der Waals surface area contributed by atoms with Crippen LogP contribution in [0.25, 0.3) is 0 Å². The molecule has 0 spiro atoms. The molecule has 1 rings (SSSR count). The van der Waals surface area contributed by atoms with E-state index in [0.29, 0.717) is 5.75 Å². The summed E-state index contributed by atoms with van der Waals surface area (Å²) < 4.78 is 0. The fraction of sp³-hybridized carbons (Fsp3) is 0.800. The Labute approximate surface area is 195 Å². The van der Waals surface area contributed by atoms with E-state index in [2.05, 4.69) is 47.6 Å². The van der Waals surface area contributed by atoms with E-state index in [-0.39, 0.29) is 10.8 Å². The molecular formula is C30H54O. The number of phenols is 1. The molecule has 0 aliphatic rings. The standard InChI is InChI=1S/C30H54O/c1-7-9-11-13-15-17-22-29(3,4)24-26-20-19-21-28(31)27(26)25-30(5,6)23-18-16-14-12-10-8-2/h19-21,31H,7-18,22-25H2,1-6H3. The quantitative estimate of drug-likeness (QED) is 0.230. The van der Waals surface area contributed by atoms with Crippen molar-refractivity contribution in [2.45, 2.75) is 144 Å².